The summed E-state index contributed by atoms with van der Waals surface area (Å²) in [4.78, 5) is 51.5. The zero-order valence-corrected chi connectivity index (χ0v) is 25.0. The summed E-state index contributed by atoms with van der Waals surface area (Å²) in [7, 11) is 0. The highest BCUT2D eigenvalue weighted by Gasteiger charge is 2.48. The van der Waals surface area contributed by atoms with E-state index in [9.17, 15) is 60.0 Å². The Labute approximate surface area is 269 Å². The smallest absolute Gasteiger partial charge is 0.322 e. The van der Waals surface area contributed by atoms with Gasteiger partial charge in [-0.15, -0.1) is 0 Å². The molecule has 0 unspecified atom stereocenters. The number of aliphatic hydroxyl groups excluding tert-OH is 4. The van der Waals surface area contributed by atoms with Gasteiger partial charge in [0.2, 0.25) is 0 Å². The maximum absolute atomic E-state index is 13.7. The number of carbonyl (C=O) groups is 4. The largest absolute Gasteiger partial charge is 0.508 e. The molecule has 1 aliphatic heterocycles. The fraction of sp³-hybridized carbons (Fsp3) is 0.312. The lowest BCUT2D eigenvalue weighted by Crippen LogP contribution is -2.57. The van der Waals surface area contributed by atoms with Crippen molar-refractivity contribution in [3.05, 3.63) is 68.8 Å². The third-order valence-electron chi connectivity index (χ3n) is 8.78. The van der Waals surface area contributed by atoms with Crippen molar-refractivity contribution in [2.24, 2.45) is 0 Å². The van der Waals surface area contributed by atoms with E-state index < -0.39 is 129 Å². The molecule has 0 radical (unpaired) electrons. The quantitative estimate of drug-likeness (QED) is 0.134. The Hall–Kier alpha value is -5.10. The molecule has 1 amide bonds. The van der Waals surface area contributed by atoms with Gasteiger partial charge in [-0.3, -0.25) is 19.2 Å². The first-order chi connectivity index (χ1) is 22.5. The fourth-order valence-electron chi connectivity index (χ4n) is 6.49. The number of aliphatic carboxylic acids is 1. The molecule has 1 heterocycles. The van der Waals surface area contributed by atoms with E-state index in [0.717, 1.165) is 18.2 Å². The molecule has 3 aliphatic rings. The van der Waals surface area contributed by atoms with Gasteiger partial charge in [-0.25, -0.2) is 0 Å². The fourth-order valence-corrected chi connectivity index (χ4v) is 6.49. The van der Waals surface area contributed by atoms with Gasteiger partial charge in [0.05, 0.1) is 22.8 Å². The van der Waals surface area contributed by atoms with Gasteiger partial charge in [-0.2, -0.15) is 0 Å². The van der Waals surface area contributed by atoms with Crippen molar-refractivity contribution < 1.29 is 74.6 Å². The second kappa shape index (κ2) is 11.6. The third-order valence-corrected chi connectivity index (χ3v) is 8.78. The molecule has 0 spiro atoms. The summed E-state index contributed by atoms with van der Waals surface area (Å²) in [5.41, 5.74) is -3.66. The molecule has 48 heavy (non-hydrogen) atoms. The topological polar surface area (TPSA) is 281 Å². The van der Waals surface area contributed by atoms with Crippen molar-refractivity contribution in [2.45, 2.75) is 56.8 Å². The predicted molar refractivity (Wildman–Crippen MR) is 158 cm³/mol. The highest BCUT2D eigenvalue weighted by atomic mass is 16.7. The van der Waals surface area contributed by atoms with E-state index in [1.165, 1.54) is 19.9 Å². The number of aliphatic hydroxyl groups is 4. The molecule has 0 saturated carbocycles. The minimum absolute atomic E-state index is 0.0379. The number of carboxylic acids is 1. The Bertz CT molecular complexity index is 1940. The van der Waals surface area contributed by atoms with Crippen LogP contribution in [-0.2, 0) is 14.3 Å². The Kier molecular flexibility index (Phi) is 7.90. The lowest BCUT2D eigenvalue weighted by atomic mass is 9.74. The second-order valence-electron chi connectivity index (χ2n) is 11.8. The van der Waals surface area contributed by atoms with Gasteiger partial charge in [-0.1, -0.05) is 6.07 Å². The van der Waals surface area contributed by atoms with E-state index >= 15 is 0 Å². The molecule has 16 nitrogen and oxygen atoms in total. The monoisotopic (exact) mass is 667 g/mol. The molecule has 6 rings (SSSR count). The molecule has 10 N–H and O–H groups in total. The van der Waals surface area contributed by atoms with Crippen LogP contribution >= 0.6 is 0 Å². The predicted octanol–water partition coefficient (Wildman–Crippen LogP) is 0.00642. The first-order valence-electron chi connectivity index (χ1n) is 14.5. The molecule has 0 aromatic heterocycles. The van der Waals surface area contributed by atoms with Crippen molar-refractivity contribution >= 4 is 23.4 Å². The summed E-state index contributed by atoms with van der Waals surface area (Å²) < 4.78 is 11.5. The maximum Gasteiger partial charge on any atom is 0.322 e. The van der Waals surface area contributed by atoms with Crippen LogP contribution in [-0.4, -0.2) is 107 Å². The number of aryl methyl sites for hydroxylation is 1. The number of nitrogens with one attached hydrogen (secondary N) is 1. The average molecular weight is 668 g/mol. The molecular formula is C32H29NO15. The van der Waals surface area contributed by atoms with Crippen LogP contribution in [0.2, 0.25) is 0 Å². The summed E-state index contributed by atoms with van der Waals surface area (Å²) in [5.74, 6) is -7.47. The van der Waals surface area contributed by atoms with Crippen molar-refractivity contribution in [2.75, 3.05) is 6.54 Å². The number of aromatic hydroxyl groups is 4. The number of fused-ring (bicyclic) bond motifs is 5. The van der Waals surface area contributed by atoms with Crippen LogP contribution in [0, 0.1) is 6.92 Å². The zero-order chi connectivity index (χ0) is 35.1. The molecule has 2 aliphatic carbocycles. The number of benzene rings is 3. The molecule has 0 bridgehead atoms. The molecule has 1 fully saturated rings. The van der Waals surface area contributed by atoms with Gasteiger partial charge in [0.15, 0.2) is 17.9 Å². The number of ketones is 2. The highest BCUT2D eigenvalue weighted by Crippen LogP contribution is 2.57. The van der Waals surface area contributed by atoms with Crippen LogP contribution in [0.4, 0.5) is 0 Å². The number of carboxylic acid groups (broad SMARTS) is 1. The molecule has 16 heteroatoms. The molecule has 252 valence electrons. The molecule has 3 aromatic carbocycles. The number of phenolic OH excluding ortho intramolecular Hbond substituents is 4. The SMILES string of the molecule is Cc1cc2c(c(O)c1C(=O)NCC(=O)O)-c1c(cc3c(c1O)C(=O)c1cc(O)cc(O)c1C3=O)[C@H](O)[C@H]2O[C@@H]1O[C@H](C)[C@H](O)[C@H](O)[C@H]1O. The number of amides is 1. The van der Waals surface area contributed by atoms with Crippen LogP contribution < -0.4 is 5.32 Å². The summed E-state index contributed by atoms with van der Waals surface area (Å²) in [6.07, 6.45) is -11.4. The number of hydrogen-bond donors (Lipinski definition) is 10. The Morgan fingerprint density at radius 1 is 0.812 bits per heavy atom. The van der Waals surface area contributed by atoms with Crippen LogP contribution in [0.5, 0.6) is 23.0 Å². The lowest BCUT2D eigenvalue weighted by Gasteiger charge is -2.42. The third kappa shape index (κ3) is 4.85. The van der Waals surface area contributed by atoms with E-state index in [1.54, 1.807) is 0 Å². The van der Waals surface area contributed by atoms with Gasteiger partial charge in [0, 0.05) is 28.3 Å². The van der Waals surface area contributed by atoms with Crippen molar-refractivity contribution in [1.29, 1.82) is 0 Å². The standard InChI is InChI=1S/C32H29NO15/c1-8-3-14-20(26(42)17(8)31(46)33-7-16(36)37)19-12(25(41)30(14)48-32-29(45)28(44)22(38)9(2)47-32)6-13-21(27(19)43)24(40)11-4-10(34)5-15(35)18(11)23(13)39/h3-6,9,22,25,28-30,32,34-35,38,41-45H,7H2,1-2H3,(H,33,46)(H,36,37)/t9-,22+,25+,28+,29-,30+,32+/m1/s1. The van der Waals surface area contributed by atoms with Crippen LogP contribution in [0.3, 0.4) is 0 Å². The normalized spacial score (nSPS) is 25.8. The van der Waals surface area contributed by atoms with Crippen LogP contribution in [0.15, 0.2) is 24.3 Å². The summed E-state index contributed by atoms with van der Waals surface area (Å²) in [5, 5.41) is 97.8. The minimum Gasteiger partial charge on any atom is -0.508 e. The number of ether oxygens (including phenoxy) is 2. The first kappa shape index (κ1) is 32.8. The van der Waals surface area contributed by atoms with E-state index in [1.807, 2.05) is 0 Å². The van der Waals surface area contributed by atoms with Gasteiger partial charge >= 0.3 is 5.97 Å². The molecule has 1 saturated heterocycles. The average Bonchev–Trinajstić information content (AvgIpc) is 3.01. The van der Waals surface area contributed by atoms with Crippen molar-refractivity contribution in [1.82, 2.24) is 5.32 Å². The van der Waals surface area contributed by atoms with Crippen LogP contribution in [0.25, 0.3) is 11.1 Å². The van der Waals surface area contributed by atoms with Gasteiger partial charge in [0.25, 0.3) is 5.91 Å². The summed E-state index contributed by atoms with van der Waals surface area (Å²) >= 11 is 0. The van der Waals surface area contributed by atoms with E-state index in [-0.39, 0.29) is 22.3 Å². The summed E-state index contributed by atoms with van der Waals surface area (Å²) in [6, 6.07) is 4.04. The van der Waals surface area contributed by atoms with Gasteiger partial charge < -0.3 is 60.7 Å². The zero-order valence-electron chi connectivity index (χ0n) is 25.0. The molecular weight excluding hydrogens is 638 g/mol. The Balaban J connectivity index is 1.59. The molecule has 7 atom stereocenters. The van der Waals surface area contributed by atoms with Gasteiger partial charge in [-0.05, 0) is 42.7 Å². The lowest BCUT2D eigenvalue weighted by molar-refractivity contribution is -0.312. The summed E-state index contributed by atoms with van der Waals surface area (Å²) in [6.45, 7) is 1.93. The maximum atomic E-state index is 13.7. The Morgan fingerprint density at radius 3 is 2.10 bits per heavy atom. The van der Waals surface area contributed by atoms with Crippen LogP contribution in [0.1, 0.15) is 78.0 Å². The molecule has 3 aromatic rings. The van der Waals surface area contributed by atoms with Crippen molar-refractivity contribution in [3.63, 3.8) is 0 Å². The van der Waals surface area contributed by atoms with E-state index in [4.69, 9.17) is 14.6 Å². The van der Waals surface area contributed by atoms with Gasteiger partial charge in [0.1, 0.15) is 60.1 Å². The van der Waals surface area contributed by atoms with E-state index in [0.29, 0.717) is 0 Å². The number of rotatable bonds is 5. The minimum atomic E-state index is -1.86. The second-order valence-corrected chi connectivity index (χ2v) is 11.8. The number of phenols is 4. The highest BCUT2D eigenvalue weighted by molar-refractivity contribution is 6.31. The van der Waals surface area contributed by atoms with E-state index in [2.05, 4.69) is 5.32 Å². The first-order valence-corrected chi connectivity index (χ1v) is 14.5. The van der Waals surface area contributed by atoms with Crippen molar-refractivity contribution in [3.8, 4) is 34.1 Å². The Morgan fingerprint density at radius 2 is 1.44 bits per heavy atom. The number of hydrogen-bond acceptors (Lipinski definition) is 14. The number of carbonyl (C=O) groups excluding carboxylic acids is 3.